The van der Waals surface area contributed by atoms with Crippen LogP contribution in [-0.2, 0) is 9.59 Å². The number of anilines is 1. The van der Waals surface area contributed by atoms with E-state index in [2.05, 4.69) is 21.2 Å². The van der Waals surface area contributed by atoms with Crippen LogP contribution >= 0.6 is 15.9 Å². The third kappa shape index (κ3) is 2.52. The number of rotatable bonds is 4. The summed E-state index contributed by atoms with van der Waals surface area (Å²) in [6.45, 7) is 0. The van der Waals surface area contributed by atoms with E-state index >= 15 is 0 Å². The molecule has 2 bridgehead atoms. The predicted molar refractivity (Wildman–Crippen MR) is 84.7 cm³/mol. The second-order valence-electron chi connectivity index (χ2n) is 5.67. The Bertz CT molecular complexity index is 658. The van der Waals surface area contributed by atoms with Gasteiger partial charge in [-0.25, -0.2) is 0 Å². The number of amides is 1. The van der Waals surface area contributed by atoms with Crippen molar-refractivity contribution in [3.05, 3.63) is 34.8 Å². The molecule has 2 aliphatic carbocycles. The van der Waals surface area contributed by atoms with E-state index < -0.39 is 17.8 Å². The Morgan fingerprint density at radius 1 is 1.27 bits per heavy atom. The van der Waals surface area contributed by atoms with Gasteiger partial charge in [-0.15, -0.1) is 0 Å². The highest BCUT2D eigenvalue weighted by atomic mass is 79.9. The van der Waals surface area contributed by atoms with Gasteiger partial charge in [-0.1, -0.05) is 28.1 Å². The van der Waals surface area contributed by atoms with Gasteiger partial charge in [-0.2, -0.15) is 0 Å². The fourth-order valence-corrected chi connectivity index (χ4v) is 3.87. The van der Waals surface area contributed by atoms with Crippen LogP contribution in [-0.4, -0.2) is 24.1 Å². The summed E-state index contributed by atoms with van der Waals surface area (Å²) in [6, 6.07) is 5.31. The lowest BCUT2D eigenvalue weighted by atomic mass is 9.82. The number of ether oxygens (including phenoxy) is 1. The maximum absolute atomic E-state index is 12.6. The standard InChI is InChI=1S/C16H16BrNO4/c1-22-12-5-4-10(17)7-11(12)18-15(19)13-8-2-3-9(6-8)14(13)16(20)21/h2-5,7-9,13-14H,6H2,1H3,(H,18,19)(H,20,21). The zero-order valence-electron chi connectivity index (χ0n) is 12.0. The molecule has 0 spiro atoms. The summed E-state index contributed by atoms with van der Waals surface area (Å²) in [5, 5.41) is 12.2. The highest BCUT2D eigenvalue weighted by molar-refractivity contribution is 9.10. The fraction of sp³-hybridized carbons (Fsp3) is 0.375. The van der Waals surface area contributed by atoms with Gasteiger partial charge in [0.15, 0.2) is 0 Å². The van der Waals surface area contributed by atoms with Crippen LogP contribution in [0.3, 0.4) is 0 Å². The molecule has 1 saturated carbocycles. The minimum atomic E-state index is -0.904. The van der Waals surface area contributed by atoms with Gasteiger partial charge in [0, 0.05) is 4.47 Å². The lowest BCUT2D eigenvalue weighted by Gasteiger charge is -2.24. The highest BCUT2D eigenvalue weighted by Gasteiger charge is 2.51. The van der Waals surface area contributed by atoms with E-state index in [4.69, 9.17) is 4.74 Å². The number of carbonyl (C=O) groups excluding carboxylic acids is 1. The van der Waals surface area contributed by atoms with Gasteiger partial charge in [0.25, 0.3) is 0 Å². The van der Waals surface area contributed by atoms with E-state index in [0.29, 0.717) is 11.4 Å². The monoisotopic (exact) mass is 365 g/mol. The van der Waals surface area contributed by atoms with Gasteiger partial charge in [-0.05, 0) is 36.5 Å². The molecule has 3 rings (SSSR count). The van der Waals surface area contributed by atoms with Crippen molar-refractivity contribution < 1.29 is 19.4 Å². The number of halogens is 1. The number of methoxy groups -OCH3 is 1. The number of aliphatic carboxylic acids is 1. The van der Waals surface area contributed by atoms with Crippen LogP contribution < -0.4 is 10.1 Å². The van der Waals surface area contributed by atoms with Gasteiger partial charge < -0.3 is 15.2 Å². The zero-order chi connectivity index (χ0) is 15.9. The summed E-state index contributed by atoms with van der Waals surface area (Å²) < 4.78 is 6.05. The number of carboxylic acid groups (broad SMARTS) is 1. The number of benzene rings is 1. The maximum atomic E-state index is 12.6. The number of carboxylic acids is 1. The van der Waals surface area contributed by atoms with E-state index in [0.717, 1.165) is 10.9 Å². The third-order valence-electron chi connectivity index (χ3n) is 4.47. The lowest BCUT2D eigenvalue weighted by Crippen LogP contribution is -2.36. The molecule has 0 heterocycles. The average molecular weight is 366 g/mol. The minimum absolute atomic E-state index is 0.00393. The Morgan fingerprint density at radius 3 is 2.59 bits per heavy atom. The molecule has 0 radical (unpaired) electrons. The highest BCUT2D eigenvalue weighted by Crippen LogP contribution is 2.48. The van der Waals surface area contributed by atoms with Gasteiger partial charge in [0.2, 0.25) is 5.91 Å². The SMILES string of the molecule is COc1ccc(Br)cc1NC(=O)C1C2C=CC(C2)C1C(=O)O. The van der Waals surface area contributed by atoms with Crippen molar-refractivity contribution in [2.24, 2.45) is 23.7 Å². The number of hydrogen-bond donors (Lipinski definition) is 2. The van der Waals surface area contributed by atoms with Crippen LogP contribution in [0.15, 0.2) is 34.8 Å². The molecule has 1 amide bonds. The van der Waals surface area contributed by atoms with E-state index in [1.165, 1.54) is 7.11 Å². The molecule has 6 heteroatoms. The van der Waals surface area contributed by atoms with Crippen LogP contribution in [0.4, 0.5) is 5.69 Å². The number of hydrogen-bond acceptors (Lipinski definition) is 3. The molecular formula is C16H16BrNO4. The van der Waals surface area contributed by atoms with Crippen molar-refractivity contribution in [1.82, 2.24) is 0 Å². The third-order valence-corrected chi connectivity index (χ3v) is 4.96. The van der Waals surface area contributed by atoms with E-state index in [9.17, 15) is 14.7 Å². The number of allylic oxidation sites excluding steroid dienone is 2. The summed E-state index contributed by atoms with van der Waals surface area (Å²) in [7, 11) is 1.53. The van der Waals surface area contributed by atoms with Crippen LogP contribution in [0.5, 0.6) is 5.75 Å². The fourth-order valence-electron chi connectivity index (χ4n) is 3.51. The van der Waals surface area contributed by atoms with Crippen molar-refractivity contribution in [1.29, 1.82) is 0 Å². The molecule has 2 aliphatic rings. The second-order valence-corrected chi connectivity index (χ2v) is 6.59. The Labute approximate surface area is 136 Å². The van der Waals surface area contributed by atoms with E-state index in [1.54, 1.807) is 12.1 Å². The molecule has 1 fully saturated rings. The molecule has 1 aromatic rings. The smallest absolute Gasteiger partial charge is 0.307 e. The molecule has 22 heavy (non-hydrogen) atoms. The van der Waals surface area contributed by atoms with Gasteiger partial charge >= 0.3 is 5.97 Å². The van der Waals surface area contributed by atoms with Crippen LogP contribution in [0, 0.1) is 23.7 Å². The van der Waals surface area contributed by atoms with Crippen molar-refractivity contribution in [3.63, 3.8) is 0 Å². The summed E-state index contributed by atoms with van der Waals surface area (Å²) in [6.07, 6.45) is 4.63. The van der Waals surface area contributed by atoms with Crippen LogP contribution in [0.2, 0.25) is 0 Å². The number of fused-ring (bicyclic) bond motifs is 2. The predicted octanol–water partition coefficient (Wildman–Crippen LogP) is 2.92. The van der Waals surface area contributed by atoms with E-state index in [-0.39, 0.29) is 17.7 Å². The van der Waals surface area contributed by atoms with Crippen molar-refractivity contribution in [2.75, 3.05) is 12.4 Å². The Kier molecular flexibility index (Phi) is 3.95. The Balaban J connectivity index is 1.84. The molecule has 0 aromatic heterocycles. The second kappa shape index (κ2) is 5.76. The zero-order valence-corrected chi connectivity index (χ0v) is 13.5. The Morgan fingerprint density at radius 2 is 1.95 bits per heavy atom. The minimum Gasteiger partial charge on any atom is -0.495 e. The first-order chi connectivity index (χ1) is 10.5. The maximum Gasteiger partial charge on any atom is 0.307 e. The molecule has 1 aromatic carbocycles. The largest absolute Gasteiger partial charge is 0.495 e. The normalized spacial score (nSPS) is 28.6. The first kappa shape index (κ1) is 15.1. The number of nitrogens with one attached hydrogen (secondary N) is 1. The summed E-state index contributed by atoms with van der Waals surface area (Å²) in [4.78, 5) is 24.1. The summed E-state index contributed by atoms with van der Waals surface area (Å²) >= 11 is 3.35. The first-order valence-corrected chi connectivity index (χ1v) is 7.86. The molecule has 5 nitrogen and oxygen atoms in total. The topological polar surface area (TPSA) is 75.6 Å². The Hall–Kier alpha value is -1.82. The van der Waals surface area contributed by atoms with Gasteiger partial charge in [0.1, 0.15) is 5.75 Å². The molecular weight excluding hydrogens is 350 g/mol. The molecule has 0 aliphatic heterocycles. The van der Waals surface area contributed by atoms with Gasteiger partial charge in [0.05, 0.1) is 24.6 Å². The van der Waals surface area contributed by atoms with Crippen molar-refractivity contribution in [2.45, 2.75) is 6.42 Å². The van der Waals surface area contributed by atoms with Crippen LogP contribution in [0.1, 0.15) is 6.42 Å². The average Bonchev–Trinajstić information content (AvgIpc) is 3.08. The molecule has 2 N–H and O–H groups in total. The summed E-state index contributed by atoms with van der Waals surface area (Å²) in [5.41, 5.74) is 0.540. The molecule has 4 atom stereocenters. The molecule has 0 saturated heterocycles. The molecule has 4 unspecified atom stereocenters. The lowest BCUT2D eigenvalue weighted by molar-refractivity contribution is -0.146. The van der Waals surface area contributed by atoms with Crippen LogP contribution in [0.25, 0.3) is 0 Å². The van der Waals surface area contributed by atoms with E-state index in [1.807, 2.05) is 18.2 Å². The van der Waals surface area contributed by atoms with Crippen molar-refractivity contribution >= 4 is 33.5 Å². The summed E-state index contributed by atoms with van der Waals surface area (Å²) in [5.74, 6) is -1.84. The number of carbonyl (C=O) groups is 2. The van der Waals surface area contributed by atoms with Crippen molar-refractivity contribution in [3.8, 4) is 5.75 Å². The quantitative estimate of drug-likeness (QED) is 0.804. The molecule has 116 valence electrons. The first-order valence-electron chi connectivity index (χ1n) is 7.07. The van der Waals surface area contributed by atoms with Gasteiger partial charge in [-0.3, -0.25) is 9.59 Å².